The van der Waals surface area contributed by atoms with Gasteiger partial charge in [-0.2, -0.15) is 0 Å². The van der Waals surface area contributed by atoms with Gasteiger partial charge in [0.2, 0.25) is 0 Å². The van der Waals surface area contributed by atoms with Gasteiger partial charge in [0.15, 0.2) is 5.82 Å². The van der Waals surface area contributed by atoms with Crippen LogP contribution in [0, 0.1) is 0 Å². The molecule has 3 heteroatoms. The van der Waals surface area contributed by atoms with Crippen molar-refractivity contribution in [2.24, 2.45) is 0 Å². The van der Waals surface area contributed by atoms with Crippen LogP contribution in [0.5, 0.6) is 0 Å². The van der Waals surface area contributed by atoms with E-state index >= 15 is 0 Å². The van der Waals surface area contributed by atoms with Crippen LogP contribution in [0.3, 0.4) is 0 Å². The van der Waals surface area contributed by atoms with E-state index in [2.05, 4.69) is 168 Å². The Morgan fingerprint density at radius 3 is 1.51 bits per heavy atom. The second-order valence-corrected chi connectivity index (χ2v) is 12.6. The molecule has 0 unspecified atom stereocenters. The molecule has 0 N–H and O–H groups in total. The molecule has 8 aromatic carbocycles. The normalized spacial score (nSPS) is 11.7. The van der Waals surface area contributed by atoms with Crippen LogP contribution in [0.15, 0.2) is 176 Å². The molecule has 49 heavy (non-hydrogen) atoms. The fraction of sp³-hybridized carbons (Fsp3) is 0. The van der Waals surface area contributed by atoms with Gasteiger partial charge in [0.1, 0.15) is 0 Å². The van der Waals surface area contributed by atoms with Crippen LogP contribution in [-0.2, 0) is 0 Å². The monoisotopic (exact) mass is 623 g/mol. The van der Waals surface area contributed by atoms with Crippen LogP contribution in [0.25, 0.3) is 93.7 Å². The molecule has 0 amide bonds. The lowest BCUT2D eigenvalue weighted by molar-refractivity contribution is 1.17. The molecule has 0 radical (unpaired) electrons. The summed E-state index contributed by atoms with van der Waals surface area (Å²) in [6.07, 6.45) is 0. The van der Waals surface area contributed by atoms with Crippen molar-refractivity contribution in [1.29, 1.82) is 0 Å². The van der Waals surface area contributed by atoms with Gasteiger partial charge in [-0.05, 0) is 69.4 Å². The van der Waals surface area contributed by atoms with Crippen LogP contribution >= 0.6 is 0 Å². The summed E-state index contributed by atoms with van der Waals surface area (Å²) in [6, 6.07) is 62.5. The summed E-state index contributed by atoms with van der Waals surface area (Å²) in [4.78, 5) is 10.2. The number of benzene rings is 8. The van der Waals surface area contributed by atoms with Crippen molar-refractivity contribution in [2.75, 3.05) is 0 Å². The smallest absolute Gasteiger partial charge is 0.160 e. The highest BCUT2D eigenvalue weighted by Gasteiger charge is 2.20. The highest BCUT2D eigenvalue weighted by molar-refractivity contribution is 6.32. The summed E-state index contributed by atoms with van der Waals surface area (Å²) in [5.74, 6) is 0.705. The zero-order chi connectivity index (χ0) is 32.3. The molecule has 0 aliphatic heterocycles. The lowest BCUT2D eigenvalue weighted by Crippen LogP contribution is -1.98. The van der Waals surface area contributed by atoms with Crippen LogP contribution < -0.4 is 0 Å². The number of fused-ring (bicyclic) bond motifs is 9. The highest BCUT2D eigenvalue weighted by atomic mass is 15.0. The number of hydrogen-bond donors (Lipinski definition) is 0. The fourth-order valence-electron chi connectivity index (χ4n) is 7.48. The molecule has 0 fully saturated rings. The van der Waals surface area contributed by atoms with E-state index in [-0.39, 0.29) is 0 Å². The van der Waals surface area contributed by atoms with Crippen molar-refractivity contribution in [3.63, 3.8) is 0 Å². The Balaban J connectivity index is 1.23. The predicted octanol–water partition coefficient (Wildman–Crippen LogP) is 12.0. The summed E-state index contributed by atoms with van der Waals surface area (Å²) < 4.78 is 2.45. The molecule has 10 rings (SSSR count). The van der Waals surface area contributed by atoms with Crippen LogP contribution in [0.4, 0.5) is 0 Å². The Morgan fingerprint density at radius 2 is 0.878 bits per heavy atom. The summed E-state index contributed by atoms with van der Waals surface area (Å²) >= 11 is 0. The molecule has 0 bridgehead atoms. The fourth-order valence-corrected chi connectivity index (χ4v) is 7.48. The summed E-state index contributed by atoms with van der Waals surface area (Å²) in [5, 5.41) is 10.1. The molecule has 0 saturated heterocycles. The highest BCUT2D eigenvalue weighted by Crippen LogP contribution is 2.43. The maximum absolute atomic E-state index is 5.08. The molecule has 10 aromatic rings. The van der Waals surface area contributed by atoms with Gasteiger partial charge in [-0.25, -0.2) is 9.97 Å². The first-order valence-corrected chi connectivity index (χ1v) is 16.7. The van der Waals surface area contributed by atoms with Crippen molar-refractivity contribution < 1.29 is 0 Å². The molecule has 0 aliphatic rings. The SMILES string of the molecule is c1ccc(-c2cc(-c3ccccc3)nc(-c3ccc(-n4c5cc6ccccc6cc5c5c6ccccc6c6ccccc6c54)cc3)n2)cc1. The Labute approximate surface area is 283 Å². The largest absolute Gasteiger partial charge is 0.309 e. The van der Waals surface area contributed by atoms with Gasteiger partial charge in [0, 0.05) is 38.5 Å². The van der Waals surface area contributed by atoms with Crippen molar-refractivity contribution >= 4 is 54.1 Å². The van der Waals surface area contributed by atoms with E-state index < -0.39 is 0 Å². The Morgan fingerprint density at radius 1 is 0.367 bits per heavy atom. The quantitative estimate of drug-likeness (QED) is 0.183. The first-order chi connectivity index (χ1) is 24.3. The summed E-state index contributed by atoms with van der Waals surface area (Å²) in [5.41, 5.74) is 8.43. The van der Waals surface area contributed by atoms with Crippen molar-refractivity contribution in [3.8, 4) is 39.6 Å². The van der Waals surface area contributed by atoms with Crippen molar-refractivity contribution in [2.45, 2.75) is 0 Å². The number of aromatic nitrogens is 3. The van der Waals surface area contributed by atoms with E-state index in [0.717, 1.165) is 33.8 Å². The van der Waals surface area contributed by atoms with E-state index in [9.17, 15) is 0 Å². The minimum Gasteiger partial charge on any atom is -0.309 e. The Bertz CT molecular complexity index is 2790. The standard InChI is InChI=1S/C46H29N3/c1-3-13-30(14-4-1)41-29-42(31-15-5-2-6-16-31)48-46(47-41)32-23-25-35(26-24-32)49-43-28-34-18-8-7-17-33(34)27-40(43)44-38-21-11-9-19-36(38)37-20-10-12-22-39(37)45(44)49/h1-29H. The Hall–Kier alpha value is -6.58. The average Bonchev–Trinajstić information content (AvgIpc) is 3.52. The molecule has 0 spiro atoms. The molecule has 0 saturated carbocycles. The summed E-state index contributed by atoms with van der Waals surface area (Å²) in [7, 11) is 0. The van der Waals surface area contributed by atoms with E-state index in [4.69, 9.17) is 9.97 Å². The maximum atomic E-state index is 5.08. The molecule has 0 aliphatic carbocycles. The molecular formula is C46H29N3. The van der Waals surface area contributed by atoms with Gasteiger partial charge >= 0.3 is 0 Å². The molecule has 2 heterocycles. The van der Waals surface area contributed by atoms with E-state index in [0.29, 0.717) is 5.82 Å². The van der Waals surface area contributed by atoms with E-state index in [1.807, 2.05) is 12.1 Å². The second-order valence-electron chi connectivity index (χ2n) is 12.6. The van der Waals surface area contributed by atoms with Gasteiger partial charge in [-0.3, -0.25) is 0 Å². The van der Waals surface area contributed by atoms with Gasteiger partial charge < -0.3 is 4.57 Å². The molecule has 0 atom stereocenters. The number of nitrogens with zero attached hydrogens (tertiary/aromatic N) is 3. The first kappa shape index (κ1) is 27.5. The third-order valence-corrected chi connectivity index (χ3v) is 9.75. The van der Waals surface area contributed by atoms with Crippen LogP contribution in [0.1, 0.15) is 0 Å². The van der Waals surface area contributed by atoms with Gasteiger partial charge in [-0.15, -0.1) is 0 Å². The lowest BCUT2D eigenvalue weighted by Gasteiger charge is -2.13. The van der Waals surface area contributed by atoms with Crippen molar-refractivity contribution in [3.05, 3.63) is 176 Å². The first-order valence-electron chi connectivity index (χ1n) is 16.7. The zero-order valence-electron chi connectivity index (χ0n) is 26.6. The molecule has 2 aromatic heterocycles. The second kappa shape index (κ2) is 11.0. The zero-order valence-corrected chi connectivity index (χ0v) is 26.6. The van der Waals surface area contributed by atoms with E-state index in [1.165, 1.54) is 54.1 Å². The van der Waals surface area contributed by atoms with Gasteiger partial charge in [0.05, 0.1) is 22.4 Å². The van der Waals surface area contributed by atoms with Gasteiger partial charge in [-0.1, -0.05) is 133 Å². The predicted molar refractivity (Wildman–Crippen MR) is 205 cm³/mol. The number of hydrogen-bond acceptors (Lipinski definition) is 2. The van der Waals surface area contributed by atoms with E-state index in [1.54, 1.807) is 0 Å². The summed E-state index contributed by atoms with van der Waals surface area (Å²) in [6.45, 7) is 0. The number of rotatable bonds is 4. The van der Waals surface area contributed by atoms with Crippen LogP contribution in [-0.4, -0.2) is 14.5 Å². The molecule has 228 valence electrons. The lowest BCUT2D eigenvalue weighted by atomic mass is 9.96. The third-order valence-electron chi connectivity index (χ3n) is 9.75. The minimum absolute atomic E-state index is 0.705. The Kier molecular flexibility index (Phi) is 6.18. The van der Waals surface area contributed by atoms with Gasteiger partial charge in [0.25, 0.3) is 0 Å². The van der Waals surface area contributed by atoms with Crippen molar-refractivity contribution in [1.82, 2.24) is 14.5 Å². The minimum atomic E-state index is 0.705. The average molecular weight is 624 g/mol. The topological polar surface area (TPSA) is 30.7 Å². The molecule has 3 nitrogen and oxygen atoms in total. The maximum Gasteiger partial charge on any atom is 0.160 e. The van der Waals surface area contributed by atoms with Crippen LogP contribution in [0.2, 0.25) is 0 Å². The molecular weight excluding hydrogens is 595 g/mol. The third kappa shape index (κ3) is 4.44.